The Morgan fingerprint density at radius 2 is 1.87 bits per heavy atom. The molecule has 0 aliphatic heterocycles. The predicted octanol–water partition coefficient (Wildman–Crippen LogP) is 2.54. The van der Waals surface area contributed by atoms with Crippen LogP contribution in [0, 0.1) is 0 Å². The first kappa shape index (κ1) is 9.71. The summed E-state index contributed by atoms with van der Waals surface area (Å²) in [5.74, 6) is 0. The maximum Gasteiger partial charge on any atom is 0.166 e. The molecule has 2 rings (SSSR count). The SMILES string of the molecule is O=Cc1cccn1CCc1ccccc1. The van der Waals surface area contributed by atoms with Crippen molar-refractivity contribution >= 4 is 6.29 Å². The zero-order chi connectivity index (χ0) is 10.5. The third-order valence-corrected chi connectivity index (χ3v) is 2.47. The summed E-state index contributed by atoms with van der Waals surface area (Å²) in [6, 6.07) is 14.0. The van der Waals surface area contributed by atoms with Crippen molar-refractivity contribution in [3.63, 3.8) is 0 Å². The Morgan fingerprint density at radius 1 is 1.07 bits per heavy atom. The largest absolute Gasteiger partial charge is 0.345 e. The van der Waals surface area contributed by atoms with E-state index in [1.807, 2.05) is 41.1 Å². The summed E-state index contributed by atoms with van der Waals surface area (Å²) in [6.07, 6.45) is 3.79. The molecule has 0 N–H and O–H groups in total. The van der Waals surface area contributed by atoms with E-state index in [4.69, 9.17) is 0 Å². The molecule has 2 nitrogen and oxygen atoms in total. The molecule has 2 aromatic rings. The Kier molecular flexibility index (Phi) is 2.98. The lowest BCUT2D eigenvalue weighted by Gasteiger charge is -2.05. The monoisotopic (exact) mass is 199 g/mol. The van der Waals surface area contributed by atoms with Crippen LogP contribution in [-0.2, 0) is 13.0 Å². The second-order valence-corrected chi connectivity index (χ2v) is 3.48. The number of hydrogen-bond acceptors (Lipinski definition) is 1. The van der Waals surface area contributed by atoms with Gasteiger partial charge in [-0.25, -0.2) is 0 Å². The smallest absolute Gasteiger partial charge is 0.166 e. The first-order valence-electron chi connectivity index (χ1n) is 5.04. The molecule has 15 heavy (non-hydrogen) atoms. The van der Waals surface area contributed by atoms with Gasteiger partial charge in [0.05, 0.1) is 5.69 Å². The van der Waals surface area contributed by atoms with Crippen molar-refractivity contribution in [2.24, 2.45) is 0 Å². The summed E-state index contributed by atoms with van der Waals surface area (Å²) in [5, 5.41) is 0. The second kappa shape index (κ2) is 4.60. The van der Waals surface area contributed by atoms with Gasteiger partial charge in [-0.15, -0.1) is 0 Å². The molecular formula is C13H13NO. The van der Waals surface area contributed by atoms with Crippen LogP contribution < -0.4 is 0 Å². The van der Waals surface area contributed by atoms with E-state index in [-0.39, 0.29) is 0 Å². The molecule has 1 aromatic heterocycles. The first-order chi connectivity index (χ1) is 7.40. The summed E-state index contributed by atoms with van der Waals surface area (Å²) >= 11 is 0. The number of benzene rings is 1. The number of rotatable bonds is 4. The Morgan fingerprint density at radius 3 is 2.60 bits per heavy atom. The zero-order valence-electron chi connectivity index (χ0n) is 8.47. The summed E-state index contributed by atoms with van der Waals surface area (Å²) in [6.45, 7) is 0.852. The number of hydrogen-bond donors (Lipinski definition) is 0. The van der Waals surface area contributed by atoms with E-state index in [9.17, 15) is 4.79 Å². The lowest BCUT2D eigenvalue weighted by molar-refractivity contribution is 0.111. The predicted molar refractivity (Wildman–Crippen MR) is 60.0 cm³/mol. The van der Waals surface area contributed by atoms with Gasteiger partial charge in [-0.1, -0.05) is 30.3 Å². The van der Waals surface area contributed by atoms with Gasteiger partial charge < -0.3 is 4.57 Å². The van der Waals surface area contributed by atoms with Crippen LogP contribution in [0.25, 0.3) is 0 Å². The van der Waals surface area contributed by atoms with Crippen molar-refractivity contribution in [3.8, 4) is 0 Å². The van der Waals surface area contributed by atoms with Gasteiger partial charge in [0.15, 0.2) is 6.29 Å². The summed E-state index contributed by atoms with van der Waals surface area (Å²) < 4.78 is 1.97. The number of aryl methyl sites for hydroxylation is 2. The minimum atomic E-state index is 0.742. The summed E-state index contributed by atoms with van der Waals surface area (Å²) in [7, 11) is 0. The molecule has 1 aromatic carbocycles. The number of nitrogens with zero attached hydrogens (tertiary/aromatic N) is 1. The third kappa shape index (κ3) is 2.34. The standard InChI is InChI=1S/C13H13NO/c15-11-13-7-4-9-14(13)10-8-12-5-2-1-3-6-12/h1-7,9,11H,8,10H2. The Hall–Kier alpha value is -1.83. The van der Waals surface area contributed by atoms with Crippen LogP contribution >= 0.6 is 0 Å². The molecule has 0 saturated carbocycles. The van der Waals surface area contributed by atoms with Crippen LogP contribution in [0.3, 0.4) is 0 Å². The zero-order valence-corrected chi connectivity index (χ0v) is 8.47. The van der Waals surface area contributed by atoms with Crippen LogP contribution in [0.4, 0.5) is 0 Å². The normalized spacial score (nSPS) is 10.1. The van der Waals surface area contributed by atoms with E-state index in [1.54, 1.807) is 0 Å². The maximum absolute atomic E-state index is 10.7. The Bertz CT molecular complexity index is 431. The van der Waals surface area contributed by atoms with Gasteiger partial charge in [0, 0.05) is 12.7 Å². The molecule has 0 saturated heterocycles. The molecular weight excluding hydrogens is 186 g/mol. The quantitative estimate of drug-likeness (QED) is 0.693. The lowest BCUT2D eigenvalue weighted by atomic mass is 10.1. The Labute approximate surface area is 89.2 Å². The van der Waals surface area contributed by atoms with E-state index >= 15 is 0 Å². The molecule has 0 aliphatic rings. The molecule has 0 bridgehead atoms. The number of carbonyl (C=O) groups is 1. The molecule has 0 atom stereocenters. The van der Waals surface area contributed by atoms with Crippen LogP contribution in [-0.4, -0.2) is 10.9 Å². The van der Waals surface area contributed by atoms with Gasteiger partial charge in [-0.3, -0.25) is 4.79 Å². The third-order valence-electron chi connectivity index (χ3n) is 2.47. The minimum absolute atomic E-state index is 0.742. The van der Waals surface area contributed by atoms with Crippen molar-refractivity contribution in [1.29, 1.82) is 0 Å². The first-order valence-corrected chi connectivity index (χ1v) is 5.04. The van der Waals surface area contributed by atoms with E-state index in [0.717, 1.165) is 24.9 Å². The summed E-state index contributed by atoms with van der Waals surface area (Å²) in [5.41, 5.74) is 2.04. The molecule has 0 unspecified atom stereocenters. The van der Waals surface area contributed by atoms with E-state index < -0.39 is 0 Å². The van der Waals surface area contributed by atoms with Gasteiger partial charge >= 0.3 is 0 Å². The topological polar surface area (TPSA) is 22.0 Å². The van der Waals surface area contributed by atoms with Gasteiger partial charge in [0.1, 0.15) is 0 Å². The highest BCUT2D eigenvalue weighted by Crippen LogP contribution is 2.04. The van der Waals surface area contributed by atoms with Crippen LogP contribution in [0.5, 0.6) is 0 Å². The van der Waals surface area contributed by atoms with Gasteiger partial charge in [0.2, 0.25) is 0 Å². The fourth-order valence-electron chi connectivity index (χ4n) is 1.63. The highest BCUT2D eigenvalue weighted by atomic mass is 16.1. The Balaban J connectivity index is 2.02. The molecule has 1 heterocycles. The molecule has 0 radical (unpaired) electrons. The van der Waals surface area contributed by atoms with Crippen molar-refractivity contribution in [3.05, 3.63) is 59.9 Å². The maximum atomic E-state index is 10.7. The van der Waals surface area contributed by atoms with Crippen molar-refractivity contribution in [2.45, 2.75) is 13.0 Å². The van der Waals surface area contributed by atoms with E-state index in [1.165, 1.54) is 5.56 Å². The summed E-state index contributed by atoms with van der Waals surface area (Å²) in [4.78, 5) is 10.7. The number of aldehydes is 1. The van der Waals surface area contributed by atoms with Crippen molar-refractivity contribution in [2.75, 3.05) is 0 Å². The highest BCUT2D eigenvalue weighted by molar-refractivity contribution is 5.72. The average molecular weight is 199 g/mol. The van der Waals surface area contributed by atoms with Gasteiger partial charge in [0.25, 0.3) is 0 Å². The second-order valence-electron chi connectivity index (χ2n) is 3.48. The van der Waals surface area contributed by atoms with Crippen molar-refractivity contribution in [1.82, 2.24) is 4.57 Å². The van der Waals surface area contributed by atoms with Gasteiger partial charge in [-0.2, -0.15) is 0 Å². The number of aromatic nitrogens is 1. The fraction of sp³-hybridized carbons (Fsp3) is 0.154. The van der Waals surface area contributed by atoms with E-state index in [2.05, 4.69) is 12.1 Å². The van der Waals surface area contributed by atoms with Gasteiger partial charge in [-0.05, 0) is 24.1 Å². The minimum Gasteiger partial charge on any atom is -0.345 e. The van der Waals surface area contributed by atoms with Crippen molar-refractivity contribution < 1.29 is 4.79 Å². The average Bonchev–Trinajstić information content (AvgIpc) is 2.75. The fourth-order valence-corrected chi connectivity index (χ4v) is 1.63. The molecule has 0 fully saturated rings. The molecule has 0 spiro atoms. The molecule has 0 aliphatic carbocycles. The molecule has 0 amide bonds. The lowest BCUT2D eigenvalue weighted by Crippen LogP contribution is -2.03. The molecule has 2 heteroatoms. The van der Waals surface area contributed by atoms with Crippen LogP contribution in [0.15, 0.2) is 48.7 Å². The van der Waals surface area contributed by atoms with Crippen LogP contribution in [0.1, 0.15) is 16.1 Å². The number of carbonyl (C=O) groups excluding carboxylic acids is 1. The molecule has 76 valence electrons. The van der Waals surface area contributed by atoms with Crippen LogP contribution in [0.2, 0.25) is 0 Å². The highest BCUT2D eigenvalue weighted by Gasteiger charge is 1.98. The van der Waals surface area contributed by atoms with E-state index in [0.29, 0.717) is 0 Å².